The number of rotatable bonds is 1. The summed E-state index contributed by atoms with van der Waals surface area (Å²) < 4.78 is 0. The van der Waals surface area contributed by atoms with E-state index in [1.807, 2.05) is 30.3 Å². The number of halogens is 2. The van der Waals surface area contributed by atoms with Gasteiger partial charge in [0, 0.05) is 8.07 Å². The molecule has 0 fully saturated rings. The van der Waals surface area contributed by atoms with E-state index in [4.69, 9.17) is 0 Å². The van der Waals surface area contributed by atoms with Crippen LogP contribution in [0.3, 0.4) is 0 Å². The summed E-state index contributed by atoms with van der Waals surface area (Å²) in [5.41, 5.74) is 0. The molecule has 0 aliphatic carbocycles. The van der Waals surface area contributed by atoms with E-state index in [1.165, 1.54) is 0 Å². The molecule has 17 heavy (non-hydrogen) atoms. The van der Waals surface area contributed by atoms with Gasteiger partial charge in [0.25, 0.3) is 0 Å². The molecule has 0 bridgehead atoms. The fraction of sp³-hybridized carbons (Fsp3) is 0.231. The molecule has 0 nitrogen and oxygen atoms in total. The Balaban J connectivity index is -0.000000216. The predicted molar refractivity (Wildman–Crippen MR) is 67.1 cm³/mol. The minimum Gasteiger partial charge on any atom is -1.00 e. The molecule has 0 atom stereocenters. The van der Waals surface area contributed by atoms with E-state index in [-0.39, 0.29) is 51.0 Å². The molecule has 4 heteroatoms. The molecule has 0 heterocycles. The Hall–Kier alpha value is 0.380. The van der Waals surface area contributed by atoms with Gasteiger partial charge in [-0.15, -0.1) is 0 Å². The van der Waals surface area contributed by atoms with E-state index in [1.54, 1.807) is 5.19 Å². The summed E-state index contributed by atoms with van der Waals surface area (Å²) in [7, 11) is -0.981. The second-order valence-corrected chi connectivity index (χ2v) is 9.46. The van der Waals surface area contributed by atoms with Gasteiger partial charge in [0.05, 0.1) is 0 Å². The van der Waals surface area contributed by atoms with Gasteiger partial charge in [-0.25, -0.2) is 24.3 Å². The second kappa shape index (κ2) is 11.5. The first-order valence-electron chi connectivity index (χ1n) is 4.99. The molecule has 0 saturated carbocycles. The Morgan fingerprint density at radius 3 is 1.41 bits per heavy atom. The van der Waals surface area contributed by atoms with Gasteiger partial charge >= 0.3 is 26.2 Å². The molecular formula is C13H18Cl2SiZr. The third-order valence-corrected chi connectivity index (χ3v) is 4.15. The molecule has 2 aromatic carbocycles. The molecule has 0 spiro atoms. The van der Waals surface area contributed by atoms with E-state index in [0.717, 1.165) is 0 Å². The minimum atomic E-state index is -0.981. The Bertz CT molecular complexity index is 305. The fourth-order valence-corrected chi connectivity index (χ4v) is 2.39. The second-order valence-electron chi connectivity index (χ2n) is 4.39. The molecule has 0 saturated heterocycles. The molecule has 0 N–H and O–H groups in total. The zero-order valence-electron chi connectivity index (χ0n) is 10.5. The van der Waals surface area contributed by atoms with Crippen molar-refractivity contribution in [3.63, 3.8) is 0 Å². The molecule has 2 rings (SSSR count). The van der Waals surface area contributed by atoms with Gasteiger partial charge in [0.2, 0.25) is 0 Å². The van der Waals surface area contributed by atoms with Gasteiger partial charge in [-0.05, 0) is 0 Å². The average molecular weight is 365 g/mol. The molecule has 0 amide bonds. The van der Waals surface area contributed by atoms with Gasteiger partial charge in [-0.3, -0.25) is 0 Å². The van der Waals surface area contributed by atoms with Crippen LogP contribution in [-0.2, 0) is 26.2 Å². The molecule has 0 aromatic heterocycles. The van der Waals surface area contributed by atoms with Gasteiger partial charge < -0.3 is 24.8 Å². The van der Waals surface area contributed by atoms with Crippen LogP contribution in [0, 0.1) is 0 Å². The van der Waals surface area contributed by atoms with Gasteiger partial charge in [0.15, 0.2) is 0 Å². The quantitative estimate of drug-likeness (QED) is 0.384. The maximum Gasteiger partial charge on any atom is 4.00 e. The maximum atomic E-state index is 2.36. The predicted octanol–water partition coefficient (Wildman–Crippen LogP) is -2.64. The van der Waals surface area contributed by atoms with Crippen LogP contribution in [-0.4, -0.2) is 8.07 Å². The van der Waals surface area contributed by atoms with Crippen molar-refractivity contribution in [2.45, 2.75) is 19.6 Å². The van der Waals surface area contributed by atoms with Crippen molar-refractivity contribution in [2.75, 3.05) is 0 Å². The molecule has 0 unspecified atom stereocenters. The largest absolute Gasteiger partial charge is 4.00 e. The zero-order valence-corrected chi connectivity index (χ0v) is 15.4. The van der Waals surface area contributed by atoms with Crippen LogP contribution in [0.2, 0.25) is 19.6 Å². The zero-order chi connectivity index (χ0) is 10.4. The summed E-state index contributed by atoms with van der Waals surface area (Å²) in [6, 6.07) is 18.7. The first kappa shape index (κ1) is 22.6. The van der Waals surface area contributed by atoms with E-state index in [0.29, 0.717) is 0 Å². The van der Waals surface area contributed by atoms with Gasteiger partial charge in [-0.2, -0.15) is 35.5 Å². The summed E-state index contributed by atoms with van der Waals surface area (Å²) in [4.78, 5) is 0. The standard InChI is InChI=1S/C8H13Si.C5H5.2ClH.Zr/c1-9(2,3)8-6-4-5-7-8;1-2-4-5-3-1;;;/h4-7H,1-3H3;1-5H;2*1H;/q2*-1;;;+4/p-2. The molecule has 2 aromatic rings. The van der Waals surface area contributed by atoms with Crippen LogP contribution in [0.4, 0.5) is 0 Å². The van der Waals surface area contributed by atoms with E-state index < -0.39 is 8.07 Å². The summed E-state index contributed by atoms with van der Waals surface area (Å²) in [6.07, 6.45) is 0. The van der Waals surface area contributed by atoms with Crippen molar-refractivity contribution < 1.29 is 51.0 Å². The monoisotopic (exact) mass is 362 g/mol. The Labute approximate surface area is 138 Å². The Kier molecular flexibility index (Phi) is 15.2. The Morgan fingerprint density at radius 1 is 0.824 bits per heavy atom. The topological polar surface area (TPSA) is 0 Å². The maximum absolute atomic E-state index is 2.36. The van der Waals surface area contributed by atoms with Crippen LogP contribution in [0.5, 0.6) is 0 Å². The molecule has 92 valence electrons. The summed E-state index contributed by atoms with van der Waals surface area (Å²) in [5, 5.41) is 1.56. The van der Waals surface area contributed by atoms with Gasteiger partial charge in [0.1, 0.15) is 0 Å². The Morgan fingerprint density at radius 2 is 1.24 bits per heavy atom. The SMILES string of the molecule is C[Si](C)(C)[c-]1cccc1.[Cl-].[Cl-].[Zr+4].c1cc[cH-]c1. The van der Waals surface area contributed by atoms with Crippen LogP contribution in [0.1, 0.15) is 0 Å². The summed E-state index contributed by atoms with van der Waals surface area (Å²) >= 11 is 0. The van der Waals surface area contributed by atoms with E-state index in [2.05, 4.69) is 43.9 Å². The van der Waals surface area contributed by atoms with Crippen LogP contribution in [0.15, 0.2) is 54.6 Å². The fourth-order valence-electron chi connectivity index (χ4n) is 1.19. The minimum absolute atomic E-state index is 0. The van der Waals surface area contributed by atoms with Crippen molar-refractivity contribution in [3.8, 4) is 0 Å². The molecule has 0 aliphatic heterocycles. The van der Waals surface area contributed by atoms with Crippen molar-refractivity contribution in [2.24, 2.45) is 0 Å². The molecular weight excluding hydrogens is 346 g/mol. The summed E-state index contributed by atoms with van der Waals surface area (Å²) in [5.74, 6) is 0. The first-order chi connectivity index (χ1) is 6.61. The van der Waals surface area contributed by atoms with Crippen molar-refractivity contribution >= 4 is 13.3 Å². The smallest absolute Gasteiger partial charge is 1.00 e. The number of hydrogen-bond donors (Lipinski definition) is 0. The normalized spacial score (nSPS) is 8.65. The van der Waals surface area contributed by atoms with Crippen LogP contribution < -0.4 is 30.0 Å². The van der Waals surface area contributed by atoms with Gasteiger partial charge in [-0.1, -0.05) is 19.6 Å². The van der Waals surface area contributed by atoms with E-state index in [9.17, 15) is 0 Å². The third-order valence-electron chi connectivity index (χ3n) is 2.08. The average Bonchev–Trinajstić information content (AvgIpc) is 2.80. The molecule has 0 aliphatic rings. The van der Waals surface area contributed by atoms with Crippen molar-refractivity contribution in [3.05, 3.63) is 54.6 Å². The van der Waals surface area contributed by atoms with E-state index >= 15 is 0 Å². The third kappa shape index (κ3) is 10.0. The summed E-state index contributed by atoms with van der Waals surface area (Å²) in [6.45, 7) is 7.09. The number of hydrogen-bond acceptors (Lipinski definition) is 0. The van der Waals surface area contributed by atoms with Crippen molar-refractivity contribution in [1.29, 1.82) is 0 Å². The molecule has 0 radical (unpaired) electrons. The van der Waals surface area contributed by atoms with Crippen molar-refractivity contribution in [1.82, 2.24) is 0 Å². The van der Waals surface area contributed by atoms with Crippen LogP contribution >= 0.6 is 0 Å². The van der Waals surface area contributed by atoms with Crippen LogP contribution in [0.25, 0.3) is 0 Å². The first-order valence-corrected chi connectivity index (χ1v) is 8.49.